The lowest BCUT2D eigenvalue weighted by atomic mass is 9.75. The number of ketones is 1. The molecule has 2 atom stereocenters. The fourth-order valence-corrected chi connectivity index (χ4v) is 2.99. The van der Waals surface area contributed by atoms with Crippen LogP contribution in [0, 0.1) is 11.8 Å². The maximum absolute atomic E-state index is 13.0. The van der Waals surface area contributed by atoms with Gasteiger partial charge in [0.15, 0.2) is 0 Å². The van der Waals surface area contributed by atoms with Gasteiger partial charge in [-0.3, -0.25) is 9.48 Å². The zero-order chi connectivity index (χ0) is 14.8. The first kappa shape index (κ1) is 15.1. The fourth-order valence-electron chi connectivity index (χ4n) is 2.99. The molecule has 3 nitrogen and oxygen atoms in total. The Morgan fingerprint density at radius 3 is 2.70 bits per heavy atom. The maximum Gasteiger partial charge on any atom is 0.392 e. The van der Waals surface area contributed by atoms with E-state index in [9.17, 15) is 18.0 Å². The van der Waals surface area contributed by atoms with Crippen LogP contribution in [0.2, 0.25) is 0 Å². The van der Waals surface area contributed by atoms with Crippen LogP contribution >= 0.6 is 0 Å². The second-order valence-electron chi connectivity index (χ2n) is 5.45. The molecule has 1 heterocycles. The lowest BCUT2D eigenvalue weighted by Gasteiger charge is -2.32. The number of aromatic nitrogens is 2. The topological polar surface area (TPSA) is 34.9 Å². The molecular formula is C14H19F3N2O. The van der Waals surface area contributed by atoms with Crippen molar-refractivity contribution >= 4 is 5.78 Å². The average Bonchev–Trinajstić information content (AvgIpc) is 2.80. The number of Topliss-reactive ketones (excluding diaryl/α,β-unsaturated/α-hetero) is 1. The second kappa shape index (κ2) is 5.97. The van der Waals surface area contributed by atoms with E-state index in [1.54, 1.807) is 24.0 Å². The zero-order valence-corrected chi connectivity index (χ0v) is 11.5. The highest BCUT2D eigenvalue weighted by molar-refractivity contribution is 5.81. The molecule has 2 unspecified atom stereocenters. The van der Waals surface area contributed by atoms with Crippen LogP contribution < -0.4 is 0 Å². The van der Waals surface area contributed by atoms with Gasteiger partial charge in [0.1, 0.15) is 5.78 Å². The average molecular weight is 288 g/mol. The maximum atomic E-state index is 13.0. The number of carbonyl (C=O) groups is 1. The van der Waals surface area contributed by atoms with Gasteiger partial charge in [0.05, 0.1) is 5.92 Å². The summed E-state index contributed by atoms with van der Waals surface area (Å²) in [5.41, 5.74) is 0.873. The van der Waals surface area contributed by atoms with E-state index < -0.39 is 18.0 Å². The van der Waals surface area contributed by atoms with E-state index in [-0.39, 0.29) is 18.6 Å². The molecule has 1 aromatic heterocycles. The number of halogens is 3. The number of hydrogen-bond acceptors (Lipinski definition) is 2. The van der Waals surface area contributed by atoms with Gasteiger partial charge in [0, 0.05) is 31.3 Å². The van der Waals surface area contributed by atoms with Crippen LogP contribution in [0.1, 0.15) is 37.8 Å². The van der Waals surface area contributed by atoms with Crippen LogP contribution in [0.25, 0.3) is 0 Å². The van der Waals surface area contributed by atoms with Gasteiger partial charge >= 0.3 is 6.18 Å². The molecule has 0 aromatic carbocycles. The van der Waals surface area contributed by atoms with E-state index in [1.165, 1.54) is 0 Å². The molecule has 0 saturated heterocycles. The summed E-state index contributed by atoms with van der Waals surface area (Å²) in [6.45, 7) is 0. The minimum absolute atomic E-state index is 0.0889. The van der Waals surface area contributed by atoms with Crippen molar-refractivity contribution in [2.24, 2.45) is 18.9 Å². The normalized spacial score (nSPS) is 23.8. The Morgan fingerprint density at radius 2 is 2.10 bits per heavy atom. The Hall–Kier alpha value is -1.33. The molecule has 0 bridgehead atoms. The van der Waals surface area contributed by atoms with Crippen molar-refractivity contribution in [3.63, 3.8) is 0 Å². The number of nitrogens with zero attached hydrogens (tertiary/aromatic N) is 2. The van der Waals surface area contributed by atoms with Gasteiger partial charge in [-0.25, -0.2) is 0 Å². The van der Waals surface area contributed by atoms with E-state index in [2.05, 4.69) is 5.10 Å². The van der Waals surface area contributed by atoms with Gasteiger partial charge in [-0.05, 0) is 25.3 Å². The first-order valence-electron chi connectivity index (χ1n) is 6.96. The van der Waals surface area contributed by atoms with Gasteiger partial charge in [-0.15, -0.1) is 0 Å². The lowest BCUT2D eigenvalue weighted by molar-refractivity contribution is -0.197. The van der Waals surface area contributed by atoms with Gasteiger partial charge in [0.2, 0.25) is 0 Å². The molecule has 1 saturated carbocycles. The number of alkyl halides is 3. The molecule has 1 aromatic rings. The third-order valence-corrected chi connectivity index (χ3v) is 4.15. The third-order valence-electron chi connectivity index (χ3n) is 4.15. The van der Waals surface area contributed by atoms with Crippen LogP contribution in [0.3, 0.4) is 0 Å². The Kier molecular flexibility index (Phi) is 4.50. The van der Waals surface area contributed by atoms with E-state index in [1.807, 2.05) is 0 Å². The van der Waals surface area contributed by atoms with Crippen LogP contribution in [-0.4, -0.2) is 21.7 Å². The van der Waals surface area contributed by atoms with Gasteiger partial charge in [0.25, 0.3) is 0 Å². The highest BCUT2D eigenvalue weighted by atomic mass is 19.4. The number of aryl methyl sites for hydroxylation is 2. The molecule has 1 aliphatic rings. The summed E-state index contributed by atoms with van der Waals surface area (Å²) in [7, 11) is 1.76. The molecule has 20 heavy (non-hydrogen) atoms. The Labute approximate surface area is 116 Å². The molecule has 0 amide bonds. The predicted octanol–water partition coefficient (Wildman–Crippen LogP) is 3.29. The van der Waals surface area contributed by atoms with Crippen molar-refractivity contribution in [3.05, 3.63) is 18.0 Å². The van der Waals surface area contributed by atoms with Crippen molar-refractivity contribution in [3.8, 4) is 0 Å². The van der Waals surface area contributed by atoms with E-state index in [0.29, 0.717) is 25.7 Å². The van der Waals surface area contributed by atoms with Gasteiger partial charge in [-0.2, -0.15) is 18.3 Å². The summed E-state index contributed by atoms with van der Waals surface area (Å²) in [5.74, 6) is -2.56. The number of hydrogen-bond donors (Lipinski definition) is 0. The summed E-state index contributed by atoms with van der Waals surface area (Å²) in [5, 5.41) is 3.99. The smallest absolute Gasteiger partial charge is 0.299 e. The first-order chi connectivity index (χ1) is 9.39. The SMILES string of the molecule is Cn1nccc1CCC(=O)C1CCCCC1C(F)(F)F. The third kappa shape index (κ3) is 3.41. The highest BCUT2D eigenvalue weighted by Gasteiger charge is 2.47. The van der Waals surface area contributed by atoms with Gasteiger partial charge < -0.3 is 0 Å². The van der Waals surface area contributed by atoms with E-state index in [4.69, 9.17) is 0 Å². The van der Waals surface area contributed by atoms with Crippen molar-refractivity contribution in [1.29, 1.82) is 0 Å². The summed E-state index contributed by atoms with van der Waals surface area (Å²) in [6.07, 6.45) is -0.274. The molecule has 112 valence electrons. The Balaban J connectivity index is 1.98. The highest BCUT2D eigenvalue weighted by Crippen LogP contribution is 2.42. The van der Waals surface area contributed by atoms with E-state index >= 15 is 0 Å². The molecule has 0 N–H and O–H groups in total. The standard InChI is InChI=1S/C14H19F3N2O/c1-19-10(8-9-18-19)6-7-13(20)11-4-2-3-5-12(11)14(15,16)17/h8-9,11-12H,2-7H2,1H3. The molecule has 1 fully saturated rings. The second-order valence-corrected chi connectivity index (χ2v) is 5.45. The summed E-state index contributed by atoms with van der Waals surface area (Å²) in [6, 6.07) is 1.79. The minimum Gasteiger partial charge on any atom is -0.299 e. The molecular weight excluding hydrogens is 269 g/mol. The fraction of sp³-hybridized carbons (Fsp3) is 0.714. The Bertz CT molecular complexity index is 467. The Morgan fingerprint density at radius 1 is 1.40 bits per heavy atom. The van der Waals surface area contributed by atoms with Crippen molar-refractivity contribution < 1.29 is 18.0 Å². The quantitative estimate of drug-likeness (QED) is 0.852. The molecule has 2 rings (SSSR count). The zero-order valence-electron chi connectivity index (χ0n) is 11.5. The first-order valence-corrected chi connectivity index (χ1v) is 6.96. The monoisotopic (exact) mass is 288 g/mol. The van der Waals surface area contributed by atoms with Crippen LogP contribution in [0.15, 0.2) is 12.3 Å². The number of carbonyl (C=O) groups excluding carboxylic acids is 1. The van der Waals surface area contributed by atoms with E-state index in [0.717, 1.165) is 5.69 Å². The summed E-state index contributed by atoms with van der Waals surface area (Å²) in [4.78, 5) is 12.1. The molecule has 6 heteroatoms. The summed E-state index contributed by atoms with van der Waals surface area (Å²) >= 11 is 0. The molecule has 0 spiro atoms. The molecule has 0 aliphatic heterocycles. The van der Waals surface area contributed by atoms with Crippen LogP contribution in [-0.2, 0) is 18.3 Å². The minimum atomic E-state index is -4.26. The van der Waals surface area contributed by atoms with Crippen LogP contribution in [0.4, 0.5) is 13.2 Å². The molecule has 0 radical (unpaired) electrons. The summed E-state index contributed by atoms with van der Waals surface area (Å²) < 4.78 is 40.5. The van der Waals surface area contributed by atoms with Crippen molar-refractivity contribution in [2.75, 3.05) is 0 Å². The number of rotatable bonds is 4. The lowest BCUT2D eigenvalue weighted by Crippen LogP contribution is -2.37. The van der Waals surface area contributed by atoms with Crippen LogP contribution in [0.5, 0.6) is 0 Å². The molecule has 1 aliphatic carbocycles. The van der Waals surface area contributed by atoms with Crippen molar-refractivity contribution in [2.45, 2.75) is 44.7 Å². The largest absolute Gasteiger partial charge is 0.392 e. The van der Waals surface area contributed by atoms with Crippen molar-refractivity contribution in [1.82, 2.24) is 9.78 Å². The van der Waals surface area contributed by atoms with Gasteiger partial charge in [-0.1, -0.05) is 12.8 Å². The predicted molar refractivity (Wildman–Crippen MR) is 68.0 cm³/mol.